The highest BCUT2D eigenvalue weighted by Gasteiger charge is 2.43. The monoisotopic (exact) mass is 366 g/mol. The summed E-state index contributed by atoms with van der Waals surface area (Å²) < 4.78 is 5.55. The summed E-state index contributed by atoms with van der Waals surface area (Å²) in [7, 11) is 2.15. The second kappa shape index (κ2) is 7.83. The van der Waals surface area contributed by atoms with Crippen molar-refractivity contribution in [3.05, 3.63) is 24.2 Å². The molecule has 2 aliphatic rings. The van der Waals surface area contributed by atoms with E-state index in [4.69, 9.17) is 4.42 Å². The number of hydrogen-bond acceptors (Lipinski definition) is 4. The third-order valence-electron chi connectivity index (χ3n) is 4.94. The maximum Gasteiger partial charge on any atom is 0.245 e. The van der Waals surface area contributed by atoms with Crippen molar-refractivity contribution in [3.8, 4) is 0 Å². The second-order valence-corrected chi connectivity index (χ2v) is 8.48. The van der Waals surface area contributed by atoms with Crippen molar-refractivity contribution in [1.82, 2.24) is 9.80 Å². The molecule has 7 heteroatoms. The summed E-state index contributed by atoms with van der Waals surface area (Å²) in [6.07, 6.45) is 2.31. The molecule has 1 aromatic heterocycles. The van der Waals surface area contributed by atoms with Gasteiger partial charge in [0.05, 0.1) is 45.2 Å². The van der Waals surface area contributed by atoms with E-state index in [2.05, 4.69) is 20.9 Å². The number of amides is 2. The Labute approximate surface area is 153 Å². The Morgan fingerprint density at radius 1 is 1.40 bits per heavy atom. The van der Waals surface area contributed by atoms with Crippen molar-refractivity contribution in [2.75, 3.05) is 39.0 Å². The van der Waals surface area contributed by atoms with E-state index in [-0.39, 0.29) is 17.2 Å². The largest absolute Gasteiger partial charge is 0.466 e. The highest BCUT2D eigenvalue weighted by atomic mass is 32.2. The number of nitrogens with zero attached hydrogens (tertiary/aromatic N) is 2. The maximum atomic E-state index is 13.3. The predicted molar refractivity (Wildman–Crippen MR) is 97.2 cm³/mol. The third-order valence-corrected chi connectivity index (χ3v) is 6.12. The van der Waals surface area contributed by atoms with Gasteiger partial charge in [0.25, 0.3) is 0 Å². The van der Waals surface area contributed by atoms with Crippen LogP contribution in [0.4, 0.5) is 0 Å². The zero-order valence-electron chi connectivity index (χ0n) is 15.2. The number of piperazine rings is 1. The van der Waals surface area contributed by atoms with Gasteiger partial charge in [-0.25, -0.2) is 0 Å². The number of hydrogen-bond donors (Lipinski definition) is 1. The molecule has 138 valence electrons. The molecule has 2 aliphatic heterocycles. The van der Waals surface area contributed by atoms with Gasteiger partial charge in [-0.3, -0.25) is 9.59 Å². The van der Waals surface area contributed by atoms with Crippen LogP contribution in [0.5, 0.6) is 0 Å². The molecule has 0 bridgehead atoms. The first-order chi connectivity index (χ1) is 12.0. The van der Waals surface area contributed by atoms with Gasteiger partial charge in [-0.15, -0.1) is 11.8 Å². The number of quaternary nitrogens is 1. The number of thioether (sulfide) groups is 1. The number of likely N-dealkylation sites (N-methyl/N-ethyl adjacent to an activating group) is 1. The van der Waals surface area contributed by atoms with E-state index in [1.807, 2.05) is 17.0 Å². The highest BCUT2D eigenvalue weighted by molar-refractivity contribution is 8.00. The first-order valence-electron chi connectivity index (χ1n) is 9.03. The van der Waals surface area contributed by atoms with Crippen LogP contribution in [-0.4, -0.2) is 66.6 Å². The summed E-state index contributed by atoms with van der Waals surface area (Å²) in [4.78, 5) is 31.1. The van der Waals surface area contributed by atoms with E-state index in [1.165, 1.54) is 4.90 Å². The summed E-state index contributed by atoms with van der Waals surface area (Å²) in [6.45, 7) is 7.66. The number of carbonyl (C=O) groups excluding carboxylic acids is 2. The summed E-state index contributed by atoms with van der Waals surface area (Å²) in [5.41, 5.74) is 0. The normalized spacial score (nSPS) is 23.5. The molecule has 0 spiro atoms. The van der Waals surface area contributed by atoms with E-state index in [1.54, 1.807) is 22.9 Å². The summed E-state index contributed by atoms with van der Waals surface area (Å²) in [5, 5.41) is -0.201. The lowest BCUT2D eigenvalue weighted by molar-refractivity contribution is -0.883. The Kier molecular flexibility index (Phi) is 5.74. The van der Waals surface area contributed by atoms with Crippen LogP contribution in [0.1, 0.15) is 31.4 Å². The van der Waals surface area contributed by atoms with Gasteiger partial charge in [-0.2, -0.15) is 0 Å². The minimum Gasteiger partial charge on any atom is -0.466 e. The van der Waals surface area contributed by atoms with Gasteiger partial charge >= 0.3 is 0 Å². The van der Waals surface area contributed by atoms with Crippen LogP contribution < -0.4 is 4.90 Å². The minimum absolute atomic E-state index is 0.0325. The molecule has 0 unspecified atom stereocenters. The molecule has 0 radical (unpaired) electrons. The average molecular weight is 367 g/mol. The fourth-order valence-corrected chi connectivity index (χ4v) is 4.70. The fourth-order valence-electron chi connectivity index (χ4n) is 3.52. The topological polar surface area (TPSA) is 58.2 Å². The molecule has 0 aromatic carbocycles. The first-order valence-corrected chi connectivity index (χ1v) is 10.1. The Hall–Kier alpha value is -1.47. The fraction of sp³-hybridized carbons (Fsp3) is 0.667. The van der Waals surface area contributed by atoms with Crippen molar-refractivity contribution < 1.29 is 18.9 Å². The number of rotatable bonds is 5. The molecule has 2 amide bonds. The third kappa shape index (κ3) is 4.03. The Bertz CT molecular complexity index is 597. The summed E-state index contributed by atoms with van der Waals surface area (Å²) in [5.74, 6) is 1.61. The van der Waals surface area contributed by atoms with Crippen LogP contribution in [0.15, 0.2) is 22.8 Å². The Morgan fingerprint density at radius 3 is 2.72 bits per heavy atom. The van der Waals surface area contributed by atoms with Gasteiger partial charge in [-0.1, -0.05) is 13.8 Å². The SMILES string of the molecule is CC(C)C[C@@H](C(=O)N1CC[NH+](C)CC1)N1C(=O)CS[C@H]1c1ccco1. The summed E-state index contributed by atoms with van der Waals surface area (Å²) >= 11 is 1.54. The van der Waals surface area contributed by atoms with Gasteiger partial charge in [0.1, 0.15) is 17.2 Å². The van der Waals surface area contributed by atoms with Crippen LogP contribution in [0, 0.1) is 5.92 Å². The lowest BCUT2D eigenvalue weighted by Crippen LogP contribution is -3.12. The van der Waals surface area contributed by atoms with Crippen LogP contribution in [0.25, 0.3) is 0 Å². The quantitative estimate of drug-likeness (QED) is 0.830. The van der Waals surface area contributed by atoms with Crippen LogP contribution in [-0.2, 0) is 9.59 Å². The van der Waals surface area contributed by atoms with Crippen LogP contribution in [0.3, 0.4) is 0 Å². The molecule has 2 fully saturated rings. The molecule has 2 atom stereocenters. The molecule has 1 N–H and O–H groups in total. The molecule has 0 aliphatic carbocycles. The van der Waals surface area contributed by atoms with Crippen LogP contribution in [0.2, 0.25) is 0 Å². The molecule has 1 aromatic rings. The van der Waals surface area contributed by atoms with Crippen molar-refractivity contribution in [2.45, 2.75) is 31.7 Å². The lowest BCUT2D eigenvalue weighted by atomic mass is 10.00. The molecule has 6 nitrogen and oxygen atoms in total. The zero-order valence-corrected chi connectivity index (χ0v) is 16.1. The standard InChI is InChI=1S/C18H27N3O3S/c1-13(2)11-14(17(23)20-8-6-19(3)7-9-20)21-16(22)12-25-18(21)15-5-4-10-24-15/h4-5,10,13-14,18H,6-9,11-12H2,1-3H3/p+1/t14-,18-/m0/s1. The number of nitrogens with one attached hydrogen (secondary N) is 1. The molecule has 3 heterocycles. The van der Waals surface area contributed by atoms with Gasteiger partial charge < -0.3 is 19.1 Å². The predicted octanol–water partition coefficient (Wildman–Crippen LogP) is 0.625. The molecule has 25 heavy (non-hydrogen) atoms. The van der Waals surface area contributed by atoms with E-state index in [0.717, 1.165) is 31.9 Å². The van der Waals surface area contributed by atoms with Crippen LogP contribution >= 0.6 is 11.8 Å². The van der Waals surface area contributed by atoms with Crippen molar-refractivity contribution >= 4 is 23.6 Å². The number of carbonyl (C=O) groups is 2. The van der Waals surface area contributed by atoms with E-state index < -0.39 is 6.04 Å². The molecule has 2 saturated heterocycles. The number of furan rings is 1. The molecular weight excluding hydrogens is 338 g/mol. The Balaban J connectivity index is 1.83. The maximum absolute atomic E-state index is 13.3. The summed E-state index contributed by atoms with van der Waals surface area (Å²) in [6, 6.07) is 3.31. The minimum atomic E-state index is -0.406. The average Bonchev–Trinajstić information content (AvgIpc) is 3.22. The second-order valence-electron chi connectivity index (χ2n) is 7.41. The van der Waals surface area contributed by atoms with Crippen molar-refractivity contribution in [3.63, 3.8) is 0 Å². The smallest absolute Gasteiger partial charge is 0.245 e. The van der Waals surface area contributed by atoms with Gasteiger partial charge in [-0.05, 0) is 24.5 Å². The Morgan fingerprint density at radius 2 is 2.12 bits per heavy atom. The highest BCUT2D eigenvalue weighted by Crippen LogP contribution is 2.41. The van der Waals surface area contributed by atoms with Crippen molar-refractivity contribution in [1.29, 1.82) is 0 Å². The molecular formula is C18H28N3O3S+. The molecule has 3 rings (SSSR count). The van der Waals surface area contributed by atoms with Gasteiger partial charge in [0.2, 0.25) is 11.8 Å². The van der Waals surface area contributed by atoms with Gasteiger partial charge in [0.15, 0.2) is 0 Å². The van der Waals surface area contributed by atoms with Gasteiger partial charge in [0, 0.05) is 0 Å². The van der Waals surface area contributed by atoms with E-state index in [9.17, 15) is 9.59 Å². The van der Waals surface area contributed by atoms with E-state index in [0.29, 0.717) is 18.1 Å². The molecule has 0 saturated carbocycles. The first kappa shape index (κ1) is 18.3. The zero-order chi connectivity index (χ0) is 18.0. The lowest BCUT2D eigenvalue weighted by Gasteiger charge is -2.37. The van der Waals surface area contributed by atoms with E-state index >= 15 is 0 Å². The van der Waals surface area contributed by atoms with Crippen molar-refractivity contribution in [2.24, 2.45) is 5.92 Å².